The Morgan fingerprint density at radius 1 is 1.64 bits per heavy atom. The summed E-state index contributed by atoms with van der Waals surface area (Å²) >= 11 is 0. The van der Waals surface area contributed by atoms with Gasteiger partial charge in [-0.1, -0.05) is 11.6 Å². The van der Waals surface area contributed by atoms with Crippen LogP contribution in [0.5, 0.6) is 0 Å². The summed E-state index contributed by atoms with van der Waals surface area (Å²) in [7, 11) is 0. The number of hydrogen-bond acceptors (Lipinski definition) is 2. The molecule has 0 saturated carbocycles. The van der Waals surface area contributed by atoms with Gasteiger partial charge in [-0.3, -0.25) is 0 Å². The van der Waals surface area contributed by atoms with Crippen LogP contribution in [0.3, 0.4) is 0 Å². The minimum atomic E-state index is 0.878. The summed E-state index contributed by atoms with van der Waals surface area (Å²) in [4.78, 5) is 0. The lowest BCUT2D eigenvalue weighted by atomic mass is 10.1. The second-order valence-corrected chi connectivity index (χ2v) is 3.02. The van der Waals surface area contributed by atoms with Crippen LogP contribution in [0.2, 0.25) is 0 Å². The Balaban J connectivity index is 2.44. The first kappa shape index (κ1) is 8.34. The normalized spacial score (nSPS) is 24.1. The lowest BCUT2D eigenvalue weighted by molar-refractivity contribution is 0.610. The Hall–Kier alpha value is -0.760. The minimum absolute atomic E-state index is 0.878. The summed E-state index contributed by atoms with van der Waals surface area (Å²) in [5, 5.41) is 3.32. The van der Waals surface area contributed by atoms with E-state index in [0.29, 0.717) is 0 Å². The largest absolute Gasteiger partial charge is 0.402 e. The smallest absolute Gasteiger partial charge is 0.0167 e. The second-order valence-electron chi connectivity index (χ2n) is 3.02. The lowest BCUT2D eigenvalue weighted by Gasteiger charge is -2.14. The van der Waals surface area contributed by atoms with Gasteiger partial charge in [0.15, 0.2) is 0 Å². The van der Waals surface area contributed by atoms with Crippen LogP contribution in [0.1, 0.15) is 19.8 Å². The molecule has 1 aliphatic rings. The van der Waals surface area contributed by atoms with Gasteiger partial charge in [0.25, 0.3) is 0 Å². The van der Waals surface area contributed by atoms with Crippen molar-refractivity contribution in [2.24, 2.45) is 5.73 Å². The number of allylic oxidation sites excluding steroid dienone is 3. The van der Waals surface area contributed by atoms with Crippen molar-refractivity contribution < 1.29 is 0 Å². The Kier molecular flexibility index (Phi) is 3.17. The summed E-state index contributed by atoms with van der Waals surface area (Å²) in [6.45, 7) is 4.10. The maximum Gasteiger partial charge on any atom is 0.0167 e. The third kappa shape index (κ3) is 3.23. The van der Waals surface area contributed by atoms with Crippen LogP contribution >= 0.6 is 0 Å². The molecule has 0 aromatic heterocycles. The van der Waals surface area contributed by atoms with E-state index in [0.717, 1.165) is 18.8 Å². The van der Waals surface area contributed by atoms with E-state index in [4.69, 9.17) is 5.73 Å². The van der Waals surface area contributed by atoms with Gasteiger partial charge >= 0.3 is 0 Å². The summed E-state index contributed by atoms with van der Waals surface area (Å²) in [6, 6.07) is 0. The molecule has 0 bridgehead atoms. The first-order valence-corrected chi connectivity index (χ1v) is 4.11. The average molecular weight is 152 g/mol. The molecule has 2 heteroatoms. The van der Waals surface area contributed by atoms with Crippen LogP contribution in [0, 0.1) is 0 Å². The van der Waals surface area contributed by atoms with Gasteiger partial charge in [-0.05, 0) is 32.4 Å². The van der Waals surface area contributed by atoms with Crippen molar-refractivity contribution in [3.63, 3.8) is 0 Å². The summed E-state index contributed by atoms with van der Waals surface area (Å²) in [5.74, 6) is 0. The molecule has 0 aromatic rings. The monoisotopic (exact) mass is 152 g/mol. The second kappa shape index (κ2) is 4.19. The van der Waals surface area contributed by atoms with E-state index in [-0.39, 0.29) is 0 Å². The molecule has 11 heavy (non-hydrogen) atoms. The average Bonchev–Trinajstić information content (AvgIpc) is 2.03. The molecular weight excluding hydrogens is 136 g/mol. The van der Waals surface area contributed by atoms with Crippen molar-refractivity contribution in [2.75, 3.05) is 13.1 Å². The standard InChI is InChI=1S/C9H16N2/c1-8(10)4-5-9-3-2-6-11-7-9/h4-5,11H,2-3,6-7,10H2,1H3/b8-4-,9-5-. The molecule has 0 spiro atoms. The molecule has 0 atom stereocenters. The van der Waals surface area contributed by atoms with Crippen molar-refractivity contribution in [3.05, 3.63) is 23.4 Å². The Morgan fingerprint density at radius 2 is 2.45 bits per heavy atom. The van der Waals surface area contributed by atoms with Gasteiger partial charge in [-0.2, -0.15) is 0 Å². The zero-order valence-corrected chi connectivity index (χ0v) is 7.06. The van der Waals surface area contributed by atoms with Gasteiger partial charge in [-0.25, -0.2) is 0 Å². The van der Waals surface area contributed by atoms with E-state index in [2.05, 4.69) is 11.4 Å². The summed E-state index contributed by atoms with van der Waals surface area (Å²) in [6.07, 6.45) is 6.57. The van der Waals surface area contributed by atoms with Crippen molar-refractivity contribution >= 4 is 0 Å². The Bertz CT molecular complexity index is 168. The lowest BCUT2D eigenvalue weighted by Crippen LogP contribution is -2.23. The van der Waals surface area contributed by atoms with E-state index in [1.807, 2.05) is 13.0 Å². The third-order valence-corrected chi connectivity index (χ3v) is 1.79. The number of piperidine rings is 1. The van der Waals surface area contributed by atoms with E-state index < -0.39 is 0 Å². The van der Waals surface area contributed by atoms with Crippen LogP contribution in [0.25, 0.3) is 0 Å². The maximum absolute atomic E-state index is 5.51. The number of nitrogens with one attached hydrogen (secondary N) is 1. The highest BCUT2D eigenvalue weighted by Gasteiger charge is 2.01. The quantitative estimate of drug-likeness (QED) is 0.591. The molecule has 3 N–H and O–H groups in total. The summed E-state index contributed by atoms with van der Waals surface area (Å²) < 4.78 is 0. The number of hydrogen-bond donors (Lipinski definition) is 2. The SMILES string of the molecule is C/C(N)=C/C=C1/CCCNC1. The van der Waals surface area contributed by atoms with E-state index >= 15 is 0 Å². The van der Waals surface area contributed by atoms with Crippen molar-refractivity contribution in [3.8, 4) is 0 Å². The van der Waals surface area contributed by atoms with Crippen LogP contribution in [0.15, 0.2) is 23.4 Å². The van der Waals surface area contributed by atoms with E-state index in [1.165, 1.54) is 18.4 Å². The number of nitrogens with two attached hydrogens (primary N) is 1. The fourth-order valence-corrected chi connectivity index (χ4v) is 1.17. The number of rotatable bonds is 1. The van der Waals surface area contributed by atoms with Crippen molar-refractivity contribution in [2.45, 2.75) is 19.8 Å². The molecule has 0 aromatic carbocycles. The molecule has 0 amide bonds. The predicted octanol–water partition coefficient (Wildman–Crippen LogP) is 1.16. The fourth-order valence-electron chi connectivity index (χ4n) is 1.17. The molecule has 1 saturated heterocycles. The van der Waals surface area contributed by atoms with Gasteiger partial charge in [0.1, 0.15) is 0 Å². The highest BCUT2D eigenvalue weighted by Crippen LogP contribution is 2.08. The molecule has 1 aliphatic heterocycles. The van der Waals surface area contributed by atoms with E-state index in [9.17, 15) is 0 Å². The molecule has 1 heterocycles. The van der Waals surface area contributed by atoms with Gasteiger partial charge in [0.05, 0.1) is 0 Å². The zero-order chi connectivity index (χ0) is 8.10. The molecule has 1 rings (SSSR count). The van der Waals surface area contributed by atoms with Crippen LogP contribution in [-0.4, -0.2) is 13.1 Å². The van der Waals surface area contributed by atoms with Gasteiger partial charge in [0.2, 0.25) is 0 Å². The molecular formula is C9H16N2. The van der Waals surface area contributed by atoms with Gasteiger partial charge in [-0.15, -0.1) is 0 Å². The minimum Gasteiger partial charge on any atom is -0.402 e. The zero-order valence-electron chi connectivity index (χ0n) is 7.06. The molecule has 0 unspecified atom stereocenters. The Morgan fingerprint density at radius 3 is 3.00 bits per heavy atom. The first-order chi connectivity index (χ1) is 5.29. The first-order valence-electron chi connectivity index (χ1n) is 4.11. The predicted molar refractivity (Wildman–Crippen MR) is 48.1 cm³/mol. The molecule has 62 valence electrons. The highest BCUT2D eigenvalue weighted by molar-refractivity contribution is 5.17. The van der Waals surface area contributed by atoms with Gasteiger partial charge in [0, 0.05) is 12.2 Å². The topological polar surface area (TPSA) is 38.0 Å². The fraction of sp³-hybridized carbons (Fsp3) is 0.556. The summed E-state index contributed by atoms with van der Waals surface area (Å²) in [5.41, 5.74) is 7.84. The van der Waals surface area contributed by atoms with Crippen LogP contribution < -0.4 is 11.1 Å². The molecule has 1 fully saturated rings. The molecule has 0 aliphatic carbocycles. The maximum atomic E-state index is 5.51. The Labute approximate surface area is 68.2 Å². The van der Waals surface area contributed by atoms with E-state index in [1.54, 1.807) is 0 Å². The van der Waals surface area contributed by atoms with Crippen molar-refractivity contribution in [1.29, 1.82) is 0 Å². The van der Waals surface area contributed by atoms with Crippen molar-refractivity contribution in [1.82, 2.24) is 5.32 Å². The van der Waals surface area contributed by atoms with Crippen LogP contribution in [-0.2, 0) is 0 Å². The van der Waals surface area contributed by atoms with Gasteiger partial charge < -0.3 is 11.1 Å². The highest BCUT2D eigenvalue weighted by atomic mass is 14.9. The van der Waals surface area contributed by atoms with Crippen LogP contribution in [0.4, 0.5) is 0 Å². The molecule has 2 nitrogen and oxygen atoms in total. The molecule has 0 radical (unpaired) electrons. The third-order valence-electron chi connectivity index (χ3n) is 1.79.